The van der Waals surface area contributed by atoms with E-state index in [4.69, 9.17) is 4.74 Å². The number of hydrogen-bond acceptors (Lipinski definition) is 4. The largest absolute Gasteiger partial charge is 0.482 e. The van der Waals surface area contributed by atoms with Gasteiger partial charge in [0.15, 0.2) is 6.61 Å². The minimum absolute atomic E-state index is 0.0950. The van der Waals surface area contributed by atoms with E-state index in [1.807, 2.05) is 18.2 Å². The van der Waals surface area contributed by atoms with Crippen molar-refractivity contribution in [2.45, 2.75) is 26.4 Å². The van der Waals surface area contributed by atoms with Crippen LogP contribution in [0.1, 0.15) is 29.0 Å². The summed E-state index contributed by atoms with van der Waals surface area (Å²) in [5, 5.41) is 8.48. The molecule has 1 aromatic heterocycles. The van der Waals surface area contributed by atoms with Gasteiger partial charge in [0.05, 0.1) is 5.69 Å². The van der Waals surface area contributed by atoms with E-state index < -0.39 is 0 Å². The Hall–Kier alpha value is -1.85. The van der Waals surface area contributed by atoms with E-state index in [0.29, 0.717) is 0 Å². The Morgan fingerprint density at radius 3 is 3.05 bits per heavy atom. The number of carbonyl (C=O) groups is 1. The summed E-state index contributed by atoms with van der Waals surface area (Å²) in [7, 11) is 0. The summed E-state index contributed by atoms with van der Waals surface area (Å²) in [5.41, 5.74) is 3.21. The molecule has 2 heterocycles. The van der Waals surface area contributed by atoms with Crippen molar-refractivity contribution in [1.82, 2.24) is 5.32 Å². The summed E-state index contributed by atoms with van der Waals surface area (Å²) in [4.78, 5) is 12.7. The molecule has 0 spiro atoms. The summed E-state index contributed by atoms with van der Waals surface area (Å²) in [6, 6.07) is 8.27. The fraction of sp³-hybridized carbons (Fsp3) is 0.312. The molecule has 5 heteroatoms. The SMILES string of the molecule is Cc1ccsc1CN[C@@H](C)c1ccc2c(c1)NC(=O)CO2. The molecule has 3 rings (SSSR count). The molecular weight excluding hydrogens is 284 g/mol. The summed E-state index contributed by atoms with van der Waals surface area (Å²) in [6.07, 6.45) is 0. The van der Waals surface area contributed by atoms with E-state index in [2.05, 4.69) is 35.9 Å². The summed E-state index contributed by atoms with van der Waals surface area (Å²) >= 11 is 1.77. The molecule has 0 aliphatic carbocycles. The van der Waals surface area contributed by atoms with Crippen LogP contribution in [0.4, 0.5) is 5.69 Å². The number of fused-ring (bicyclic) bond motifs is 1. The van der Waals surface area contributed by atoms with E-state index in [9.17, 15) is 4.79 Å². The highest BCUT2D eigenvalue weighted by atomic mass is 32.1. The fourth-order valence-electron chi connectivity index (χ4n) is 2.32. The van der Waals surface area contributed by atoms with Crippen molar-refractivity contribution in [1.29, 1.82) is 0 Å². The van der Waals surface area contributed by atoms with Crippen LogP contribution >= 0.6 is 11.3 Å². The standard InChI is InChI=1S/C16H18N2O2S/c1-10-5-6-21-15(10)8-17-11(2)12-3-4-14-13(7-12)18-16(19)9-20-14/h3-7,11,17H,8-9H2,1-2H3,(H,18,19)/t11-/m0/s1. The van der Waals surface area contributed by atoms with Gasteiger partial charge in [-0.15, -0.1) is 11.3 Å². The lowest BCUT2D eigenvalue weighted by Gasteiger charge is -2.21. The molecule has 2 N–H and O–H groups in total. The van der Waals surface area contributed by atoms with Gasteiger partial charge in [-0.3, -0.25) is 4.79 Å². The smallest absolute Gasteiger partial charge is 0.262 e. The number of thiophene rings is 1. The third-order valence-electron chi connectivity index (χ3n) is 3.67. The third kappa shape index (κ3) is 3.09. The van der Waals surface area contributed by atoms with E-state index in [0.717, 1.165) is 23.5 Å². The Bertz CT molecular complexity index is 666. The molecule has 0 radical (unpaired) electrons. The highest BCUT2D eigenvalue weighted by molar-refractivity contribution is 7.10. The van der Waals surface area contributed by atoms with Crippen molar-refractivity contribution < 1.29 is 9.53 Å². The molecule has 1 amide bonds. The molecule has 1 aliphatic heterocycles. The lowest BCUT2D eigenvalue weighted by atomic mass is 10.1. The van der Waals surface area contributed by atoms with Gasteiger partial charge >= 0.3 is 0 Å². The number of rotatable bonds is 4. The summed E-state index contributed by atoms with van der Waals surface area (Å²) < 4.78 is 5.37. The van der Waals surface area contributed by atoms with E-state index >= 15 is 0 Å². The summed E-state index contributed by atoms with van der Waals surface area (Å²) in [5.74, 6) is 0.633. The monoisotopic (exact) mass is 302 g/mol. The van der Waals surface area contributed by atoms with Crippen LogP contribution in [-0.2, 0) is 11.3 Å². The maximum atomic E-state index is 11.4. The summed E-state index contributed by atoms with van der Waals surface area (Å²) in [6.45, 7) is 5.20. The van der Waals surface area contributed by atoms with Crippen molar-refractivity contribution in [2.75, 3.05) is 11.9 Å². The Kier molecular flexibility index (Phi) is 3.94. The zero-order valence-electron chi connectivity index (χ0n) is 12.1. The van der Waals surface area contributed by atoms with Crippen LogP contribution in [0.15, 0.2) is 29.6 Å². The van der Waals surface area contributed by atoms with Crippen molar-refractivity contribution in [3.05, 3.63) is 45.6 Å². The second-order valence-electron chi connectivity index (χ2n) is 5.22. The first-order valence-corrected chi connectivity index (χ1v) is 7.84. The molecule has 4 nitrogen and oxygen atoms in total. The van der Waals surface area contributed by atoms with Crippen LogP contribution in [0.3, 0.4) is 0 Å². The molecule has 1 atom stereocenters. The van der Waals surface area contributed by atoms with Gasteiger partial charge in [0, 0.05) is 17.5 Å². The number of amides is 1. The highest BCUT2D eigenvalue weighted by Gasteiger charge is 2.17. The number of benzene rings is 1. The number of anilines is 1. The normalized spacial score (nSPS) is 15.0. The van der Waals surface area contributed by atoms with Crippen LogP contribution in [0, 0.1) is 6.92 Å². The Morgan fingerprint density at radius 2 is 2.29 bits per heavy atom. The first-order valence-electron chi connectivity index (χ1n) is 6.96. The van der Waals surface area contributed by atoms with E-state index in [1.165, 1.54) is 10.4 Å². The Morgan fingerprint density at radius 1 is 1.43 bits per heavy atom. The second-order valence-corrected chi connectivity index (χ2v) is 6.22. The lowest BCUT2D eigenvalue weighted by molar-refractivity contribution is -0.118. The maximum absolute atomic E-state index is 11.4. The number of ether oxygens (including phenoxy) is 1. The quantitative estimate of drug-likeness (QED) is 0.911. The van der Waals surface area contributed by atoms with E-state index in [-0.39, 0.29) is 18.6 Å². The van der Waals surface area contributed by atoms with Crippen molar-refractivity contribution in [2.24, 2.45) is 0 Å². The molecule has 0 saturated carbocycles. The molecule has 0 bridgehead atoms. The second kappa shape index (κ2) is 5.87. The molecule has 1 aliphatic rings. The Balaban J connectivity index is 1.70. The lowest BCUT2D eigenvalue weighted by Crippen LogP contribution is -2.26. The van der Waals surface area contributed by atoms with Crippen molar-refractivity contribution in [3.8, 4) is 5.75 Å². The van der Waals surface area contributed by atoms with Crippen molar-refractivity contribution in [3.63, 3.8) is 0 Å². The molecule has 0 unspecified atom stereocenters. The van der Waals surface area contributed by atoms with Crippen molar-refractivity contribution >= 4 is 22.9 Å². The minimum atomic E-state index is -0.102. The first kappa shape index (κ1) is 14.1. The van der Waals surface area contributed by atoms with Crippen LogP contribution in [0.5, 0.6) is 5.75 Å². The molecule has 2 aromatic rings. The molecule has 0 saturated heterocycles. The fourth-order valence-corrected chi connectivity index (χ4v) is 3.18. The molecule has 110 valence electrons. The van der Waals surface area contributed by atoms with Gasteiger partial charge in [0.2, 0.25) is 0 Å². The van der Waals surface area contributed by atoms with Gasteiger partial charge in [-0.2, -0.15) is 0 Å². The van der Waals surface area contributed by atoms with Crippen LogP contribution in [0.2, 0.25) is 0 Å². The average Bonchev–Trinajstić information content (AvgIpc) is 2.89. The predicted octanol–water partition coefficient (Wildman–Crippen LogP) is 3.24. The Labute approximate surface area is 128 Å². The van der Waals surface area contributed by atoms with Gasteiger partial charge in [-0.05, 0) is 48.6 Å². The third-order valence-corrected chi connectivity index (χ3v) is 4.70. The molecule has 21 heavy (non-hydrogen) atoms. The van der Waals surface area contributed by atoms with Gasteiger partial charge in [-0.25, -0.2) is 0 Å². The van der Waals surface area contributed by atoms with Gasteiger partial charge in [-0.1, -0.05) is 6.07 Å². The number of hydrogen-bond donors (Lipinski definition) is 2. The van der Waals surface area contributed by atoms with Crippen LogP contribution < -0.4 is 15.4 Å². The van der Waals surface area contributed by atoms with Gasteiger partial charge in [0.25, 0.3) is 5.91 Å². The molecule has 1 aromatic carbocycles. The molecular formula is C16H18N2O2S. The minimum Gasteiger partial charge on any atom is -0.482 e. The zero-order chi connectivity index (χ0) is 14.8. The van der Waals surface area contributed by atoms with Gasteiger partial charge in [0.1, 0.15) is 5.75 Å². The number of nitrogens with one attached hydrogen (secondary N) is 2. The van der Waals surface area contributed by atoms with Crippen LogP contribution in [0.25, 0.3) is 0 Å². The number of carbonyl (C=O) groups excluding carboxylic acids is 1. The zero-order valence-corrected chi connectivity index (χ0v) is 12.9. The first-order chi connectivity index (χ1) is 10.1. The van der Waals surface area contributed by atoms with Crippen LogP contribution in [-0.4, -0.2) is 12.5 Å². The van der Waals surface area contributed by atoms with Gasteiger partial charge < -0.3 is 15.4 Å². The topological polar surface area (TPSA) is 50.4 Å². The maximum Gasteiger partial charge on any atom is 0.262 e. The predicted molar refractivity (Wildman–Crippen MR) is 84.9 cm³/mol. The highest BCUT2D eigenvalue weighted by Crippen LogP contribution is 2.30. The van der Waals surface area contributed by atoms with E-state index in [1.54, 1.807) is 11.3 Å². The average molecular weight is 302 g/mol. The molecule has 0 fully saturated rings. The number of aryl methyl sites for hydroxylation is 1.